The summed E-state index contributed by atoms with van der Waals surface area (Å²) in [6.45, 7) is 8.81. The smallest absolute Gasteiger partial charge is 0.0900 e. The number of likely N-dealkylation sites (tertiary alicyclic amines) is 1. The van der Waals surface area contributed by atoms with Crippen LogP contribution in [0.5, 0.6) is 0 Å². The Balaban J connectivity index is 1.87. The van der Waals surface area contributed by atoms with E-state index in [9.17, 15) is 0 Å². The van der Waals surface area contributed by atoms with Crippen molar-refractivity contribution in [2.24, 2.45) is 0 Å². The molecule has 0 bridgehead atoms. The molecule has 1 aliphatic rings. The van der Waals surface area contributed by atoms with Gasteiger partial charge in [0.05, 0.1) is 10.7 Å². The van der Waals surface area contributed by atoms with Gasteiger partial charge in [0.25, 0.3) is 0 Å². The van der Waals surface area contributed by atoms with Crippen molar-refractivity contribution in [3.63, 3.8) is 0 Å². The summed E-state index contributed by atoms with van der Waals surface area (Å²) in [5, 5.41) is 4.83. The predicted molar refractivity (Wildman–Crippen MR) is 78.3 cm³/mol. The lowest BCUT2D eigenvalue weighted by molar-refractivity contribution is 0.178. The highest BCUT2D eigenvalue weighted by Crippen LogP contribution is 2.23. The molecule has 1 fully saturated rings. The minimum Gasteiger partial charge on any atom is -0.307 e. The number of nitrogens with zero attached hydrogens (tertiary/aromatic N) is 2. The van der Waals surface area contributed by atoms with Crippen LogP contribution in [0.4, 0.5) is 0 Å². The number of hydrogen-bond acceptors (Lipinski definition) is 4. The molecule has 2 unspecified atom stereocenters. The van der Waals surface area contributed by atoms with Crippen LogP contribution < -0.4 is 5.32 Å². The molecule has 4 heteroatoms. The molecule has 2 heterocycles. The van der Waals surface area contributed by atoms with Crippen molar-refractivity contribution in [3.8, 4) is 0 Å². The summed E-state index contributed by atoms with van der Waals surface area (Å²) in [4.78, 5) is 8.48. The van der Waals surface area contributed by atoms with Gasteiger partial charge in [-0.2, -0.15) is 0 Å². The molecule has 0 spiro atoms. The van der Waals surface area contributed by atoms with Crippen molar-refractivity contribution in [1.29, 1.82) is 0 Å². The quantitative estimate of drug-likeness (QED) is 0.909. The predicted octanol–water partition coefficient (Wildman–Crippen LogP) is 2.89. The van der Waals surface area contributed by atoms with Crippen LogP contribution in [0.3, 0.4) is 0 Å². The number of nitrogens with one attached hydrogen (secondary N) is 1. The van der Waals surface area contributed by atoms with E-state index in [1.807, 2.05) is 0 Å². The number of likely N-dealkylation sites (N-methyl/N-ethyl adjacent to an activating group) is 1. The average molecular weight is 267 g/mol. The van der Waals surface area contributed by atoms with E-state index in [4.69, 9.17) is 0 Å². The third-order valence-corrected chi connectivity index (χ3v) is 4.83. The van der Waals surface area contributed by atoms with Crippen molar-refractivity contribution in [1.82, 2.24) is 15.2 Å². The SMILES string of the molecule is Cc1nc(C(C)NCC2CCCCN2C)c(C)s1. The number of hydrogen-bond donors (Lipinski definition) is 1. The van der Waals surface area contributed by atoms with Crippen LogP contribution in [0, 0.1) is 13.8 Å². The van der Waals surface area contributed by atoms with Gasteiger partial charge in [0.15, 0.2) is 0 Å². The summed E-state index contributed by atoms with van der Waals surface area (Å²) in [7, 11) is 2.24. The van der Waals surface area contributed by atoms with Crippen LogP contribution in [0.1, 0.15) is 47.8 Å². The molecule has 1 saturated heterocycles. The second kappa shape index (κ2) is 6.13. The summed E-state index contributed by atoms with van der Waals surface area (Å²) < 4.78 is 0. The Morgan fingerprint density at radius 1 is 1.44 bits per heavy atom. The van der Waals surface area contributed by atoms with Gasteiger partial charge in [-0.3, -0.25) is 0 Å². The van der Waals surface area contributed by atoms with Gasteiger partial charge in [-0.25, -0.2) is 4.98 Å². The van der Waals surface area contributed by atoms with E-state index in [0.29, 0.717) is 12.1 Å². The molecule has 0 amide bonds. The van der Waals surface area contributed by atoms with E-state index in [2.05, 4.69) is 43.0 Å². The fourth-order valence-corrected chi connectivity index (χ4v) is 3.67. The van der Waals surface area contributed by atoms with Crippen molar-refractivity contribution in [3.05, 3.63) is 15.6 Å². The van der Waals surface area contributed by atoms with Crippen LogP contribution >= 0.6 is 11.3 Å². The zero-order chi connectivity index (χ0) is 13.1. The number of rotatable bonds is 4. The van der Waals surface area contributed by atoms with Gasteiger partial charge < -0.3 is 10.2 Å². The van der Waals surface area contributed by atoms with E-state index >= 15 is 0 Å². The highest BCUT2D eigenvalue weighted by Gasteiger charge is 2.20. The zero-order valence-corrected chi connectivity index (χ0v) is 12.8. The van der Waals surface area contributed by atoms with Gasteiger partial charge in [-0.05, 0) is 47.2 Å². The van der Waals surface area contributed by atoms with Gasteiger partial charge in [0.1, 0.15) is 0 Å². The van der Waals surface area contributed by atoms with E-state index in [1.165, 1.54) is 41.4 Å². The first-order chi connectivity index (χ1) is 8.58. The lowest BCUT2D eigenvalue weighted by Crippen LogP contribution is -2.43. The molecular formula is C14H25N3S. The number of aryl methyl sites for hydroxylation is 2. The van der Waals surface area contributed by atoms with Crippen LogP contribution in [0.15, 0.2) is 0 Å². The van der Waals surface area contributed by atoms with Crippen molar-refractivity contribution in [2.75, 3.05) is 20.1 Å². The van der Waals surface area contributed by atoms with E-state index in [-0.39, 0.29) is 0 Å². The topological polar surface area (TPSA) is 28.2 Å². The second-order valence-electron chi connectivity index (χ2n) is 5.43. The van der Waals surface area contributed by atoms with Crippen LogP contribution in [-0.4, -0.2) is 36.1 Å². The standard InChI is InChI=1S/C14H25N3S/c1-10(14-11(2)18-12(3)16-14)15-9-13-7-5-6-8-17(13)4/h10,13,15H,5-9H2,1-4H3. The van der Waals surface area contributed by atoms with Gasteiger partial charge in [-0.15, -0.1) is 11.3 Å². The Labute approximate surface area is 115 Å². The molecule has 2 atom stereocenters. The van der Waals surface area contributed by atoms with Gasteiger partial charge in [0, 0.05) is 23.5 Å². The van der Waals surface area contributed by atoms with Gasteiger partial charge in [-0.1, -0.05) is 6.42 Å². The molecule has 1 aliphatic heterocycles. The molecule has 1 aromatic heterocycles. The Hall–Kier alpha value is -0.450. The Bertz CT molecular complexity index is 388. The van der Waals surface area contributed by atoms with Crippen LogP contribution in [-0.2, 0) is 0 Å². The Kier molecular flexibility index (Phi) is 4.76. The van der Waals surface area contributed by atoms with Crippen molar-refractivity contribution < 1.29 is 0 Å². The van der Waals surface area contributed by atoms with Crippen molar-refractivity contribution in [2.45, 2.75) is 52.1 Å². The first-order valence-corrected chi connectivity index (χ1v) is 7.77. The zero-order valence-electron chi connectivity index (χ0n) is 12.0. The molecule has 18 heavy (non-hydrogen) atoms. The highest BCUT2D eigenvalue weighted by atomic mass is 32.1. The molecule has 2 rings (SSSR count). The molecule has 1 aromatic rings. The first-order valence-electron chi connectivity index (χ1n) is 6.95. The molecule has 0 saturated carbocycles. The first kappa shape index (κ1) is 14.0. The van der Waals surface area contributed by atoms with Crippen LogP contribution in [0.2, 0.25) is 0 Å². The van der Waals surface area contributed by atoms with E-state index in [0.717, 1.165) is 6.54 Å². The minimum absolute atomic E-state index is 0.366. The number of thiazole rings is 1. The molecule has 3 nitrogen and oxygen atoms in total. The maximum absolute atomic E-state index is 4.64. The monoisotopic (exact) mass is 267 g/mol. The Morgan fingerprint density at radius 3 is 2.83 bits per heavy atom. The molecule has 102 valence electrons. The van der Waals surface area contributed by atoms with Crippen molar-refractivity contribution >= 4 is 11.3 Å². The fraction of sp³-hybridized carbons (Fsp3) is 0.786. The van der Waals surface area contributed by atoms with E-state index < -0.39 is 0 Å². The minimum atomic E-state index is 0.366. The summed E-state index contributed by atoms with van der Waals surface area (Å²) in [6, 6.07) is 1.06. The lowest BCUT2D eigenvalue weighted by Gasteiger charge is -2.33. The van der Waals surface area contributed by atoms with Gasteiger partial charge >= 0.3 is 0 Å². The van der Waals surface area contributed by atoms with Crippen LogP contribution in [0.25, 0.3) is 0 Å². The number of piperidine rings is 1. The third kappa shape index (κ3) is 3.31. The molecule has 0 aromatic carbocycles. The Morgan fingerprint density at radius 2 is 2.22 bits per heavy atom. The highest BCUT2D eigenvalue weighted by molar-refractivity contribution is 7.11. The second-order valence-corrected chi connectivity index (χ2v) is 6.84. The lowest BCUT2D eigenvalue weighted by atomic mass is 10.0. The summed E-state index contributed by atoms with van der Waals surface area (Å²) in [5.74, 6) is 0. The van der Waals surface area contributed by atoms with E-state index in [1.54, 1.807) is 11.3 Å². The number of aromatic nitrogens is 1. The molecule has 0 radical (unpaired) electrons. The molecule has 1 N–H and O–H groups in total. The summed E-state index contributed by atoms with van der Waals surface area (Å²) >= 11 is 1.80. The maximum Gasteiger partial charge on any atom is 0.0900 e. The molecule has 0 aliphatic carbocycles. The fourth-order valence-electron chi connectivity index (χ4n) is 2.76. The third-order valence-electron chi connectivity index (χ3n) is 3.93. The van der Waals surface area contributed by atoms with Gasteiger partial charge in [0.2, 0.25) is 0 Å². The largest absolute Gasteiger partial charge is 0.307 e. The summed E-state index contributed by atoms with van der Waals surface area (Å²) in [6.07, 6.45) is 4.05. The average Bonchev–Trinajstić information content (AvgIpc) is 2.67. The molecular weight excluding hydrogens is 242 g/mol. The maximum atomic E-state index is 4.64. The summed E-state index contributed by atoms with van der Waals surface area (Å²) in [5.41, 5.74) is 1.23. The normalized spacial score (nSPS) is 23.2.